The molecule has 0 spiro atoms. The zero-order valence-corrected chi connectivity index (χ0v) is 14.8. The van der Waals surface area contributed by atoms with Gasteiger partial charge in [0.1, 0.15) is 5.82 Å². The lowest BCUT2D eigenvalue weighted by Gasteiger charge is -2.18. The molecule has 0 aliphatic rings. The van der Waals surface area contributed by atoms with Crippen molar-refractivity contribution in [1.29, 1.82) is 0 Å². The summed E-state index contributed by atoms with van der Waals surface area (Å²) < 4.78 is 13.8. The molecule has 0 radical (unpaired) electrons. The number of nitrogen functional groups attached to an aromatic ring is 1. The normalized spacial score (nSPS) is 12.0. The molecule has 2 aromatic heterocycles. The van der Waals surface area contributed by atoms with Gasteiger partial charge < -0.3 is 11.1 Å². The Balaban J connectivity index is 1.69. The van der Waals surface area contributed by atoms with Crippen LogP contribution in [0.4, 0.5) is 9.52 Å². The minimum atomic E-state index is -0.307. The Kier molecular flexibility index (Phi) is 5.44. The summed E-state index contributed by atoms with van der Waals surface area (Å²) >= 11 is 4.06. The van der Waals surface area contributed by atoms with E-state index in [4.69, 9.17) is 5.73 Å². The van der Waals surface area contributed by atoms with Gasteiger partial charge in [-0.25, -0.2) is 4.39 Å². The molecule has 0 aliphatic heterocycles. The quantitative estimate of drug-likeness (QED) is 0.641. The van der Waals surface area contributed by atoms with Crippen LogP contribution in [0, 0.1) is 5.82 Å². The Hall–Kier alpha value is -1.97. The Morgan fingerprint density at radius 3 is 2.71 bits per heavy atom. The van der Waals surface area contributed by atoms with Crippen LogP contribution in [0.25, 0.3) is 0 Å². The highest BCUT2D eigenvalue weighted by Crippen LogP contribution is 2.27. The van der Waals surface area contributed by atoms with Crippen LogP contribution in [0.15, 0.2) is 46.1 Å². The van der Waals surface area contributed by atoms with Crippen LogP contribution in [0.1, 0.15) is 16.5 Å². The molecule has 1 atom stereocenters. The second-order valence-electron chi connectivity index (χ2n) is 4.76. The largest absolute Gasteiger partial charge is 0.374 e. The number of nitrogens with one attached hydrogen (secondary N) is 1. The molecule has 1 amide bonds. The second-order valence-corrected chi connectivity index (χ2v) is 7.97. The number of halogens is 1. The molecule has 3 rings (SSSR count). The van der Waals surface area contributed by atoms with Crippen molar-refractivity contribution in [3.8, 4) is 0 Å². The fourth-order valence-electron chi connectivity index (χ4n) is 2.04. The summed E-state index contributed by atoms with van der Waals surface area (Å²) in [5.74, 6) is -0.242. The molecule has 0 fully saturated rings. The van der Waals surface area contributed by atoms with Gasteiger partial charge in [0.25, 0.3) is 0 Å². The molecule has 3 N–H and O–H groups in total. The molecule has 5 nitrogen and oxygen atoms in total. The van der Waals surface area contributed by atoms with E-state index in [0.717, 1.165) is 10.4 Å². The van der Waals surface area contributed by atoms with Crippen molar-refractivity contribution < 1.29 is 9.18 Å². The molecule has 124 valence electrons. The molecular formula is C15H13FN4OS3. The highest BCUT2D eigenvalue weighted by Gasteiger charge is 2.18. The molecule has 3 aromatic rings. The predicted octanol–water partition coefficient (Wildman–Crippen LogP) is 3.32. The van der Waals surface area contributed by atoms with E-state index in [0.29, 0.717) is 9.47 Å². The maximum absolute atomic E-state index is 13.2. The second kappa shape index (κ2) is 7.73. The first-order chi connectivity index (χ1) is 11.6. The fraction of sp³-hybridized carbons (Fsp3) is 0.133. The number of thiophene rings is 1. The van der Waals surface area contributed by atoms with Crippen LogP contribution in [-0.2, 0) is 4.79 Å². The summed E-state index contributed by atoms with van der Waals surface area (Å²) in [7, 11) is 0. The zero-order valence-electron chi connectivity index (χ0n) is 12.3. The Morgan fingerprint density at radius 2 is 2.08 bits per heavy atom. The molecule has 0 aliphatic carbocycles. The van der Waals surface area contributed by atoms with Crippen molar-refractivity contribution in [3.05, 3.63) is 58.0 Å². The lowest BCUT2D eigenvalue weighted by Crippen LogP contribution is -2.30. The van der Waals surface area contributed by atoms with Gasteiger partial charge in [-0.05, 0) is 29.1 Å². The summed E-state index contributed by atoms with van der Waals surface area (Å²) in [6.45, 7) is 0. The number of carbonyl (C=O) groups excluding carboxylic acids is 1. The van der Waals surface area contributed by atoms with Gasteiger partial charge in [-0.1, -0.05) is 41.3 Å². The molecule has 0 bridgehead atoms. The summed E-state index contributed by atoms with van der Waals surface area (Å²) in [4.78, 5) is 13.3. The van der Waals surface area contributed by atoms with Crippen LogP contribution in [0.2, 0.25) is 0 Å². The van der Waals surface area contributed by atoms with Crippen LogP contribution in [0.5, 0.6) is 0 Å². The number of benzene rings is 1. The molecule has 2 heterocycles. The van der Waals surface area contributed by atoms with Gasteiger partial charge in [0, 0.05) is 4.88 Å². The first kappa shape index (κ1) is 16.9. The monoisotopic (exact) mass is 380 g/mol. The van der Waals surface area contributed by atoms with Gasteiger partial charge in [-0.2, -0.15) is 0 Å². The molecule has 1 unspecified atom stereocenters. The molecule has 9 heteroatoms. The standard InChI is InChI=1S/C15H13FN4OS3/c16-10-5-3-9(4-6-10)13(11-2-1-7-22-11)18-12(21)8-23-15-20-19-14(17)24-15/h1-7,13H,8H2,(H2,17,19)(H,18,21). The van der Waals surface area contributed by atoms with Gasteiger partial charge in [-0.3, -0.25) is 4.79 Å². The number of carbonyl (C=O) groups is 1. The van der Waals surface area contributed by atoms with E-state index in [-0.39, 0.29) is 23.5 Å². The van der Waals surface area contributed by atoms with Crippen molar-refractivity contribution in [3.63, 3.8) is 0 Å². The smallest absolute Gasteiger partial charge is 0.231 e. The Bertz CT molecular complexity index is 805. The highest BCUT2D eigenvalue weighted by atomic mass is 32.2. The third kappa shape index (κ3) is 4.31. The predicted molar refractivity (Wildman–Crippen MR) is 95.8 cm³/mol. The van der Waals surface area contributed by atoms with Gasteiger partial charge in [-0.15, -0.1) is 21.5 Å². The Labute approximate surface area is 150 Å². The number of nitrogens with two attached hydrogens (primary N) is 1. The summed E-state index contributed by atoms with van der Waals surface area (Å²) in [6, 6.07) is 9.69. The number of hydrogen-bond acceptors (Lipinski definition) is 7. The number of thioether (sulfide) groups is 1. The highest BCUT2D eigenvalue weighted by molar-refractivity contribution is 8.01. The SMILES string of the molecule is Nc1nnc(SCC(=O)NC(c2ccc(F)cc2)c2cccs2)s1. The average Bonchev–Trinajstić information content (AvgIpc) is 3.23. The molecule has 1 aromatic carbocycles. The van der Waals surface area contributed by atoms with Gasteiger partial charge in [0.15, 0.2) is 4.34 Å². The van der Waals surface area contributed by atoms with Crippen molar-refractivity contribution in [2.24, 2.45) is 0 Å². The van der Waals surface area contributed by atoms with Gasteiger partial charge in [0.2, 0.25) is 11.0 Å². The summed E-state index contributed by atoms with van der Waals surface area (Å²) in [5.41, 5.74) is 6.35. The number of aromatic nitrogens is 2. The maximum Gasteiger partial charge on any atom is 0.231 e. The van der Waals surface area contributed by atoms with Crippen molar-refractivity contribution in [2.45, 2.75) is 10.4 Å². The Morgan fingerprint density at radius 1 is 1.29 bits per heavy atom. The number of nitrogens with zero attached hydrogens (tertiary/aromatic N) is 2. The van der Waals surface area contributed by atoms with Crippen LogP contribution < -0.4 is 11.1 Å². The first-order valence-corrected chi connectivity index (χ1v) is 9.60. The minimum absolute atomic E-state index is 0.142. The minimum Gasteiger partial charge on any atom is -0.374 e. The van der Waals surface area contributed by atoms with E-state index in [9.17, 15) is 9.18 Å². The number of hydrogen-bond donors (Lipinski definition) is 2. The first-order valence-electron chi connectivity index (χ1n) is 6.92. The lowest BCUT2D eigenvalue weighted by atomic mass is 10.1. The summed E-state index contributed by atoms with van der Waals surface area (Å²) in [5, 5.41) is 12.9. The molecular weight excluding hydrogens is 367 g/mol. The lowest BCUT2D eigenvalue weighted by molar-refractivity contribution is -0.119. The molecule has 0 saturated carbocycles. The van der Waals surface area contributed by atoms with E-state index < -0.39 is 0 Å². The van der Waals surface area contributed by atoms with Crippen LogP contribution in [0.3, 0.4) is 0 Å². The van der Waals surface area contributed by atoms with Crippen molar-refractivity contribution >= 4 is 45.5 Å². The van der Waals surface area contributed by atoms with Crippen molar-refractivity contribution in [2.75, 3.05) is 11.5 Å². The molecule has 24 heavy (non-hydrogen) atoms. The van der Waals surface area contributed by atoms with Crippen LogP contribution in [-0.4, -0.2) is 21.9 Å². The number of anilines is 1. The van der Waals surface area contributed by atoms with E-state index >= 15 is 0 Å². The third-order valence-corrected chi connectivity index (χ3v) is 5.91. The molecule has 0 saturated heterocycles. The zero-order chi connectivity index (χ0) is 16.9. The topological polar surface area (TPSA) is 80.9 Å². The van der Waals surface area contributed by atoms with E-state index in [1.54, 1.807) is 12.1 Å². The number of amides is 1. The fourth-order valence-corrected chi connectivity index (χ4v) is 4.29. The van der Waals surface area contributed by atoms with E-state index in [1.807, 2.05) is 17.5 Å². The average molecular weight is 380 g/mol. The van der Waals surface area contributed by atoms with Gasteiger partial charge in [0.05, 0.1) is 11.8 Å². The van der Waals surface area contributed by atoms with E-state index in [2.05, 4.69) is 15.5 Å². The summed E-state index contributed by atoms with van der Waals surface area (Å²) in [6.07, 6.45) is 0. The maximum atomic E-state index is 13.2. The van der Waals surface area contributed by atoms with Crippen molar-refractivity contribution in [1.82, 2.24) is 15.5 Å². The number of rotatable bonds is 6. The van der Waals surface area contributed by atoms with Crippen LogP contribution >= 0.6 is 34.4 Å². The van der Waals surface area contributed by atoms with E-state index in [1.165, 1.54) is 46.6 Å². The third-order valence-electron chi connectivity index (χ3n) is 3.09. The van der Waals surface area contributed by atoms with Gasteiger partial charge >= 0.3 is 0 Å².